The highest BCUT2D eigenvalue weighted by Gasteiger charge is 2.09. The van der Waals surface area contributed by atoms with Crippen molar-refractivity contribution in [2.24, 2.45) is 27.2 Å². The van der Waals surface area contributed by atoms with Gasteiger partial charge in [-0.25, -0.2) is 4.99 Å². The van der Waals surface area contributed by atoms with E-state index in [2.05, 4.69) is 9.98 Å². The normalized spacial score (nSPS) is 11.0. The number of benzene rings is 1. The van der Waals surface area contributed by atoms with Gasteiger partial charge in [-0.1, -0.05) is 11.6 Å². The lowest BCUT2D eigenvalue weighted by atomic mass is 10.3. The van der Waals surface area contributed by atoms with Crippen LogP contribution in [0.15, 0.2) is 28.2 Å². The molecule has 0 saturated heterocycles. The van der Waals surface area contributed by atoms with Crippen LogP contribution in [-0.4, -0.2) is 16.8 Å². The molecule has 90 valence electrons. The van der Waals surface area contributed by atoms with Crippen LogP contribution in [0.5, 0.6) is 0 Å². The van der Waals surface area contributed by atoms with Crippen molar-refractivity contribution in [3.8, 4) is 0 Å². The topological polar surface area (TPSA) is 146 Å². The van der Waals surface area contributed by atoms with E-state index in [1.165, 1.54) is 12.1 Å². The molecule has 6 N–H and O–H groups in total. The van der Waals surface area contributed by atoms with E-state index in [9.17, 15) is 10.1 Å². The number of nitro groups is 1. The summed E-state index contributed by atoms with van der Waals surface area (Å²) in [6.07, 6.45) is 0. The van der Waals surface area contributed by atoms with Gasteiger partial charge in [0.25, 0.3) is 5.69 Å². The molecule has 17 heavy (non-hydrogen) atoms. The first-order valence-corrected chi connectivity index (χ1v) is 4.65. The van der Waals surface area contributed by atoms with Crippen LogP contribution >= 0.6 is 11.6 Å². The molecular formula is C8H9ClN6O2. The largest absolute Gasteiger partial charge is 0.370 e. The average Bonchev–Trinajstić information content (AvgIpc) is 2.19. The Morgan fingerprint density at radius 1 is 1.35 bits per heavy atom. The minimum atomic E-state index is -0.571. The highest BCUT2D eigenvalue weighted by molar-refractivity contribution is 6.33. The first-order chi connectivity index (χ1) is 7.90. The summed E-state index contributed by atoms with van der Waals surface area (Å²) in [5.41, 5.74) is 15.7. The van der Waals surface area contributed by atoms with Gasteiger partial charge in [-0.3, -0.25) is 10.1 Å². The lowest BCUT2D eigenvalue weighted by molar-refractivity contribution is -0.384. The van der Waals surface area contributed by atoms with Gasteiger partial charge in [0.15, 0.2) is 5.96 Å². The third-order valence-corrected chi connectivity index (χ3v) is 1.92. The number of hydrogen-bond acceptors (Lipinski definition) is 3. The quantitative estimate of drug-likeness (QED) is 0.305. The number of non-ortho nitro benzene ring substituents is 1. The minimum Gasteiger partial charge on any atom is -0.370 e. The molecule has 0 fully saturated rings. The monoisotopic (exact) mass is 256 g/mol. The molecule has 0 aliphatic carbocycles. The summed E-state index contributed by atoms with van der Waals surface area (Å²) in [7, 11) is 0. The van der Waals surface area contributed by atoms with Gasteiger partial charge < -0.3 is 17.2 Å². The molecular weight excluding hydrogens is 248 g/mol. The van der Waals surface area contributed by atoms with Crippen LogP contribution < -0.4 is 17.2 Å². The number of halogens is 1. The second-order valence-corrected chi connectivity index (χ2v) is 3.31. The van der Waals surface area contributed by atoms with E-state index >= 15 is 0 Å². The molecule has 1 aromatic carbocycles. The van der Waals surface area contributed by atoms with Gasteiger partial charge in [-0.15, -0.1) is 0 Å². The van der Waals surface area contributed by atoms with Crippen LogP contribution in [0.1, 0.15) is 0 Å². The fourth-order valence-corrected chi connectivity index (χ4v) is 1.20. The zero-order valence-corrected chi connectivity index (χ0v) is 9.26. The van der Waals surface area contributed by atoms with E-state index in [0.717, 1.165) is 6.07 Å². The lowest BCUT2D eigenvalue weighted by Gasteiger charge is -1.99. The van der Waals surface area contributed by atoms with Gasteiger partial charge in [0.2, 0.25) is 5.96 Å². The first-order valence-electron chi connectivity index (χ1n) is 4.28. The predicted octanol–water partition coefficient (Wildman–Crippen LogP) is 0.468. The molecule has 0 atom stereocenters. The lowest BCUT2D eigenvalue weighted by Crippen LogP contribution is -2.26. The summed E-state index contributed by atoms with van der Waals surface area (Å²) >= 11 is 5.78. The molecule has 0 unspecified atom stereocenters. The minimum absolute atomic E-state index is 0.0768. The zero-order valence-electron chi connectivity index (χ0n) is 8.50. The van der Waals surface area contributed by atoms with E-state index in [1.54, 1.807) is 0 Å². The van der Waals surface area contributed by atoms with Crippen LogP contribution in [0.3, 0.4) is 0 Å². The molecule has 1 aromatic rings. The van der Waals surface area contributed by atoms with Crippen molar-refractivity contribution < 1.29 is 4.92 Å². The molecule has 0 aromatic heterocycles. The molecule has 0 spiro atoms. The van der Waals surface area contributed by atoms with E-state index in [0.29, 0.717) is 0 Å². The molecule has 0 radical (unpaired) electrons. The van der Waals surface area contributed by atoms with Gasteiger partial charge in [0.1, 0.15) is 0 Å². The highest BCUT2D eigenvalue weighted by Crippen LogP contribution is 2.28. The second-order valence-electron chi connectivity index (χ2n) is 2.90. The summed E-state index contributed by atoms with van der Waals surface area (Å²) in [4.78, 5) is 17.2. The molecule has 0 bridgehead atoms. The number of nitro benzene ring substituents is 1. The van der Waals surface area contributed by atoms with Gasteiger partial charge in [-0.05, 0) is 6.07 Å². The Morgan fingerprint density at radius 2 is 2.00 bits per heavy atom. The van der Waals surface area contributed by atoms with Crippen molar-refractivity contribution >= 4 is 34.9 Å². The maximum Gasteiger partial charge on any atom is 0.271 e. The Labute approximate surface area is 101 Å². The first kappa shape index (κ1) is 12.7. The fourth-order valence-electron chi connectivity index (χ4n) is 0.981. The Bertz CT molecular complexity index is 509. The molecule has 0 aliphatic heterocycles. The van der Waals surface area contributed by atoms with E-state index in [1.807, 2.05) is 0 Å². The number of nitrogens with zero attached hydrogens (tertiary/aromatic N) is 3. The van der Waals surface area contributed by atoms with Crippen molar-refractivity contribution in [3.05, 3.63) is 33.3 Å². The van der Waals surface area contributed by atoms with E-state index < -0.39 is 4.92 Å². The van der Waals surface area contributed by atoms with Gasteiger partial charge >= 0.3 is 0 Å². The number of nitrogens with two attached hydrogens (primary N) is 3. The zero-order chi connectivity index (χ0) is 13.0. The molecule has 0 heterocycles. The molecule has 0 saturated carbocycles. The number of aliphatic imine (C=N–C) groups is 2. The molecule has 0 amide bonds. The van der Waals surface area contributed by atoms with Crippen molar-refractivity contribution in [3.63, 3.8) is 0 Å². The van der Waals surface area contributed by atoms with Crippen LogP contribution in [0.25, 0.3) is 0 Å². The SMILES string of the molecule is NC(N)=NC(N)=Nc1ccc([N+](=O)[O-])cc1Cl. The summed E-state index contributed by atoms with van der Waals surface area (Å²) in [6.45, 7) is 0. The number of hydrogen-bond donors (Lipinski definition) is 3. The molecule has 8 nitrogen and oxygen atoms in total. The molecule has 1 rings (SSSR count). The van der Waals surface area contributed by atoms with Crippen LogP contribution in [0.4, 0.5) is 11.4 Å². The van der Waals surface area contributed by atoms with Crippen molar-refractivity contribution in [2.45, 2.75) is 0 Å². The van der Waals surface area contributed by atoms with Crippen LogP contribution in [-0.2, 0) is 0 Å². The highest BCUT2D eigenvalue weighted by atomic mass is 35.5. The van der Waals surface area contributed by atoms with E-state index in [4.69, 9.17) is 28.8 Å². The number of rotatable bonds is 2. The van der Waals surface area contributed by atoms with Crippen molar-refractivity contribution in [2.75, 3.05) is 0 Å². The molecule has 0 aliphatic rings. The Kier molecular flexibility index (Phi) is 3.83. The number of guanidine groups is 2. The van der Waals surface area contributed by atoms with Crippen molar-refractivity contribution in [1.82, 2.24) is 0 Å². The maximum absolute atomic E-state index is 10.5. The summed E-state index contributed by atoms with van der Waals surface area (Å²) < 4.78 is 0. The summed E-state index contributed by atoms with van der Waals surface area (Å²) in [5, 5.41) is 10.5. The third-order valence-electron chi connectivity index (χ3n) is 1.62. The standard InChI is InChI=1S/C8H9ClN6O2/c9-5-3-4(15(16)17)1-2-6(5)13-8(12)14-7(10)11/h1-3H,(H6,10,11,12,13,14). The second kappa shape index (κ2) is 5.12. The van der Waals surface area contributed by atoms with Crippen LogP contribution in [0.2, 0.25) is 5.02 Å². The Balaban J connectivity index is 3.09. The summed E-state index contributed by atoms with van der Waals surface area (Å²) in [6, 6.07) is 3.74. The average molecular weight is 257 g/mol. The van der Waals surface area contributed by atoms with E-state index in [-0.39, 0.29) is 28.3 Å². The maximum atomic E-state index is 10.5. The van der Waals surface area contributed by atoms with Crippen molar-refractivity contribution in [1.29, 1.82) is 0 Å². The molecule has 9 heteroatoms. The summed E-state index contributed by atoms with van der Waals surface area (Å²) in [5.74, 6) is -0.440. The van der Waals surface area contributed by atoms with Crippen LogP contribution in [0, 0.1) is 10.1 Å². The van der Waals surface area contributed by atoms with Gasteiger partial charge in [0.05, 0.1) is 15.6 Å². The fraction of sp³-hybridized carbons (Fsp3) is 0. The van der Waals surface area contributed by atoms with Gasteiger partial charge in [0, 0.05) is 12.1 Å². The van der Waals surface area contributed by atoms with Gasteiger partial charge in [-0.2, -0.15) is 4.99 Å². The third kappa shape index (κ3) is 3.61. The Morgan fingerprint density at radius 3 is 2.47 bits per heavy atom. The Hall–Kier alpha value is -2.35. The predicted molar refractivity (Wildman–Crippen MR) is 65.2 cm³/mol. The smallest absolute Gasteiger partial charge is 0.271 e.